The molecule has 1 aromatic carbocycles. The van der Waals surface area contributed by atoms with Crippen LogP contribution in [0.4, 0.5) is 0 Å². The fourth-order valence-corrected chi connectivity index (χ4v) is 2.13. The lowest BCUT2D eigenvalue weighted by molar-refractivity contribution is -0.165. The number of para-hydroxylation sites is 1. The van der Waals surface area contributed by atoms with Crippen molar-refractivity contribution in [3.8, 4) is 5.75 Å². The van der Waals surface area contributed by atoms with Gasteiger partial charge in [-0.15, -0.1) is 0 Å². The monoisotopic (exact) mass is 300 g/mol. The van der Waals surface area contributed by atoms with Crippen molar-refractivity contribution in [3.05, 3.63) is 28.7 Å². The van der Waals surface area contributed by atoms with Gasteiger partial charge >= 0.3 is 0 Å². The van der Waals surface area contributed by atoms with E-state index in [2.05, 4.69) is 15.9 Å². The Morgan fingerprint density at radius 1 is 1.24 bits per heavy atom. The van der Waals surface area contributed by atoms with Crippen LogP contribution >= 0.6 is 15.9 Å². The summed E-state index contributed by atoms with van der Waals surface area (Å²) in [4.78, 5) is 0. The molecule has 1 aliphatic heterocycles. The normalized spacial score (nSPS) is 20.2. The van der Waals surface area contributed by atoms with Gasteiger partial charge in [-0.1, -0.05) is 12.1 Å². The summed E-state index contributed by atoms with van der Waals surface area (Å²) in [5, 5.41) is 0. The first-order valence-corrected chi connectivity index (χ1v) is 6.76. The number of hydrogen-bond donors (Lipinski definition) is 0. The quantitative estimate of drug-likeness (QED) is 0.780. The van der Waals surface area contributed by atoms with Crippen LogP contribution in [0.15, 0.2) is 28.7 Å². The Morgan fingerprint density at radius 3 is 2.88 bits per heavy atom. The number of hydrogen-bond acceptors (Lipinski definition) is 3. The Hall–Kier alpha value is -0.580. The van der Waals surface area contributed by atoms with Crippen LogP contribution in [0.25, 0.3) is 0 Å². The first kappa shape index (κ1) is 12.9. The van der Waals surface area contributed by atoms with Crippen molar-refractivity contribution in [1.82, 2.24) is 0 Å². The highest BCUT2D eigenvalue weighted by atomic mass is 79.9. The van der Waals surface area contributed by atoms with E-state index >= 15 is 0 Å². The van der Waals surface area contributed by atoms with Gasteiger partial charge in [-0.2, -0.15) is 0 Å². The number of rotatable bonds is 5. The summed E-state index contributed by atoms with van der Waals surface area (Å²) < 4.78 is 17.6. The fraction of sp³-hybridized carbons (Fsp3) is 0.538. The zero-order chi connectivity index (χ0) is 11.9. The lowest BCUT2D eigenvalue weighted by atomic mass is 10.2. The molecule has 4 heteroatoms. The van der Waals surface area contributed by atoms with Gasteiger partial charge in [0.05, 0.1) is 11.1 Å². The first-order valence-electron chi connectivity index (χ1n) is 5.97. The maximum atomic E-state index is 5.60. The molecule has 1 aliphatic rings. The summed E-state index contributed by atoms with van der Waals surface area (Å²) in [6.45, 7) is 1.92. The average Bonchev–Trinajstić information content (AvgIpc) is 2.38. The summed E-state index contributed by atoms with van der Waals surface area (Å²) >= 11 is 3.43. The van der Waals surface area contributed by atoms with E-state index in [4.69, 9.17) is 14.2 Å². The van der Waals surface area contributed by atoms with E-state index in [0.717, 1.165) is 29.7 Å². The lowest BCUT2D eigenvalue weighted by Gasteiger charge is -2.22. The Bertz CT molecular complexity index is 337. The molecule has 1 fully saturated rings. The molecule has 0 saturated carbocycles. The van der Waals surface area contributed by atoms with Gasteiger partial charge in [-0.3, -0.25) is 0 Å². The van der Waals surface area contributed by atoms with E-state index in [-0.39, 0.29) is 6.29 Å². The van der Waals surface area contributed by atoms with Crippen LogP contribution in [-0.2, 0) is 9.47 Å². The van der Waals surface area contributed by atoms with Crippen molar-refractivity contribution in [2.45, 2.75) is 25.6 Å². The zero-order valence-corrected chi connectivity index (χ0v) is 11.3. The molecule has 0 unspecified atom stereocenters. The van der Waals surface area contributed by atoms with Crippen LogP contribution in [0, 0.1) is 0 Å². The second-order valence-corrected chi connectivity index (χ2v) is 4.80. The molecule has 0 aliphatic carbocycles. The van der Waals surface area contributed by atoms with Crippen molar-refractivity contribution in [1.29, 1.82) is 0 Å². The van der Waals surface area contributed by atoms with Gasteiger partial charge in [0.15, 0.2) is 6.29 Å². The molecule has 1 saturated heterocycles. The first-order chi connectivity index (χ1) is 8.36. The molecule has 1 atom stereocenters. The molecule has 0 spiro atoms. The Morgan fingerprint density at radius 2 is 2.12 bits per heavy atom. The van der Waals surface area contributed by atoms with Gasteiger partial charge in [-0.25, -0.2) is 0 Å². The van der Waals surface area contributed by atoms with Crippen molar-refractivity contribution in [3.63, 3.8) is 0 Å². The topological polar surface area (TPSA) is 27.7 Å². The van der Waals surface area contributed by atoms with Gasteiger partial charge in [-0.05, 0) is 47.3 Å². The minimum absolute atomic E-state index is 0.0356. The second kappa shape index (κ2) is 6.99. The predicted octanol–water partition coefficient (Wildman–Crippen LogP) is 3.37. The van der Waals surface area contributed by atoms with E-state index in [9.17, 15) is 0 Å². The van der Waals surface area contributed by atoms with Crippen LogP contribution in [0.5, 0.6) is 5.75 Å². The molecule has 0 amide bonds. The molecule has 2 rings (SSSR count). The van der Waals surface area contributed by atoms with E-state index in [0.29, 0.717) is 13.2 Å². The Balaban J connectivity index is 1.64. The molecule has 0 N–H and O–H groups in total. The van der Waals surface area contributed by atoms with Gasteiger partial charge in [0, 0.05) is 6.61 Å². The Labute approximate surface area is 110 Å². The second-order valence-electron chi connectivity index (χ2n) is 3.95. The van der Waals surface area contributed by atoms with Gasteiger partial charge in [0.1, 0.15) is 12.4 Å². The third-order valence-corrected chi connectivity index (χ3v) is 3.27. The summed E-state index contributed by atoms with van der Waals surface area (Å²) in [6.07, 6.45) is 3.30. The third kappa shape index (κ3) is 4.30. The molecular weight excluding hydrogens is 284 g/mol. The SMILES string of the molecule is Brc1ccccc1OCCO[C@@H]1CCCCO1. The highest BCUT2D eigenvalue weighted by Gasteiger charge is 2.13. The molecule has 0 bridgehead atoms. The third-order valence-electron chi connectivity index (χ3n) is 2.62. The average molecular weight is 301 g/mol. The highest BCUT2D eigenvalue weighted by molar-refractivity contribution is 9.10. The van der Waals surface area contributed by atoms with Gasteiger partial charge in [0.25, 0.3) is 0 Å². The minimum Gasteiger partial charge on any atom is -0.490 e. The van der Waals surface area contributed by atoms with E-state index in [1.165, 1.54) is 6.42 Å². The molecule has 1 heterocycles. The highest BCUT2D eigenvalue weighted by Crippen LogP contribution is 2.23. The van der Waals surface area contributed by atoms with Crippen LogP contribution in [-0.4, -0.2) is 26.1 Å². The van der Waals surface area contributed by atoms with Gasteiger partial charge < -0.3 is 14.2 Å². The fourth-order valence-electron chi connectivity index (χ4n) is 1.74. The van der Waals surface area contributed by atoms with Crippen LogP contribution in [0.1, 0.15) is 19.3 Å². The molecule has 0 radical (unpaired) electrons. The predicted molar refractivity (Wildman–Crippen MR) is 69.2 cm³/mol. The minimum atomic E-state index is -0.0356. The van der Waals surface area contributed by atoms with E-state index in [1.807, 2.05) is 24.3 Å². The molecule has 0 aromatic heterocycles. The molecule has 1 aromatic rings. The number of ether oxygens (including phenoxy) is 3. The van der Waals surface area contributed by atoms with Crippen LogP contribution < -0.4 is 4.74 Å². The van der Waals surface area contributed by atoms with Crippen LogP contribution in [0.3, 0.4) is 0 Å². The molecule has 3 nitrogen and oxygen atoms in total. The zero-order valence-electron chi connectivity index (χ0n) is 9.73. The summed E-state index contributed by atoms with van der Waals surface area (Å²) in [7, 11) is 0. The number of benzene rings is 1. The van der Waals surface area contributed by atoms with Gasteiger partial charge in [0.2, 0.25) is 0 Å². The van der Waals surface area contributed by atoms with Crippen molar-refractivity contribution >= 4 is 15.9 Å². The smallest absolute Gasteiger partial charge is 0.157 e. The molecule has 17 heavy (non-hydrogen) atoms. The van der Waals surface area contributed by atoms with Crippen molar-refractivity contribution < 1.29 is 14.2 Å². The van der Waals surface area contributed by atoms with Crippen LogP contribution in [0.2, 0.25) is 0 Å². The summed E-state index contributed by atoms with van der Waals surface area (Å²) in [5.41, 5.74) is 0. The van der Waals surface area contributed by atoms with Crippen molar-refractivity contribution in [2.75, 3.05) is 19.8 Å². The number of halogens is 1. The summed E-state index contributed by atoms with van der Waals surface area (Å²) in [6, 6.07) is 7.80. The maximum Gasteiger partial charge on any atom is 0.157 e. The summed E-state index contributed by atoms with van der Waals surface area (Å²) in [5.74, 6) is 0.848. The molecular formula is C13H17BrO3. The largest absolute Gasteiger partial charge is 0.490 e. The standard InChI is InChI=1S/C13H17BrO3/c14-11-5-1-2-6-12(11)15-9-10-17-13-7-3-4-8-16-13/h1-2,5-6,13H,3-4,7-10H2/t13-/m1/s1. The molecule has 94 valence electrons. The van der Waals surface area contributed by atoms with E-state index < -0.39 is 0 Å². The van der Waals surface area contributed by atoms with Crippen molar-refractivity contribution in [2.24, 2.45) is 0 Å². The van der Waals surface area contributed by atoms with E-state index in [1.54, 1.807) is 0 Å². The lowest BCUT2D eigenvalue weighted by Crippen LogP contribution is -2.24. The maximum absolute atomic E-state index is 5.60. The Kier molecular flexibility index (Phi) is 5.29.